The van der Waals surface area contributed by atoms with Crippen LogP contribution < -0.4 is 15.8 Å². The van der Waals surface area contributed by atoms with Crippen molar-refractivity contribution >= 4 is 5.69 Å². The molecule has 64 valence electrons. The van der Waals surface area contributed by atoms with Gasteiger partial charge in [-0.15, -0.1) is 0 Å². The second-order valence-electron chi connectivity index (χ2n) is 2.93. The van der Waals surface area contributed by atoms with Crippen LogP contribution in [0.4, 0.5) is 5.69 Å². The van der Waals surface area contributed by atoms with Gasteiger partial charge in [0.2, 0.25) is 0 Å². The molecule has 0 saturated heterocycles. The van der Waals surface area contributed by atoms with E-state index in [0.29, 0.717) is 0 Å². The fraction of sp³-hybridized carbons (Fsp3) is 0.333. The molecule has 0 fully saturated rings. The summed E-state index contributed by atoms with van der Waals surface area (Å²) in [5.74, 6) is 0.831. The molecular weight excluding hydrogens is 152 g/mol. The van der Waals surface area contributed by atoms with Crippen LogP contribution in [0.25, 0.3) is 0 Å². The highest BCUT2D eigenvalue weighted by molar-refractivity contribution is 5.60. The van der Waals surface area contributed by atoms with E-state index in [1.54, 1.807) is 7.11 Å². The summed E-state index contributed by atoms with van der Waals surface area (Å²) in [5.41, 5.74) is 8.97. The van der Waals surface area contributed by atoms with E-state index in [1.807, 2.05) is 12.1 Å². The number of hydrogen-bond acceptors (Lipinski definition) is 3. The third-order valence-electron chi connectivity index (χ3n) is 2.21. The predicted molar refractivity (Wildman–Crippen MR) is 48.0 cm³/mol. The molecule has 2 rings (SSSR count). The van der Waals surface area contributed by atoms with E-state index in [0.717, 1.165) is 24.5 Å². The minimum Gasteiger partial charge on any atom is -0.494 e. The van der Waals surface area contributed by atoms with E-state index >= 15 is 0 Å². The van der Waals surface area contributed by atoms with Crippen molar-refractivity contribution in [2.45, 2.75) is 13.1 Å². The van der Waals surface area contributed by atoms with Crippen LogP contribution >= 0.6 is 0 Å². The van der Waals surface area contributed by atoms with Crippen LogP contribution in [-0.4, -0.2) is 7.11 Å². The first-order valence-corrected chi connectivity index (χ1v) is 3.98. The molecule has 0 aliphatic carbocycles. The van der Waals surface area contributed by atoms with E-state index in [1.165, 1.54) is 11.1 Å². The quantitative estimate of drug-likeness (QED) is 0.606. The van der Waals surface area contributed by atoms with Crippen LogP contribution in [0.15, 0.2) is 12.1 Å². The van der Waals surface area contributed by atoms with Crippen molar-refractivity contribution < 1.29 is 4.74 Å². The zero-order valence-electron chi connectivity index (χ0n) is 7.05. The summed E-state index contributed by atoms with van der Waals surface area (Å²) in [6.07, 6.45) is 0. The third-order valence-corrected chi connectivity index (χ3v) is 2.21. The maximum atomic E-state index is 5.75. The molecule has 3 nitrogen and oxygen atoms in total. The second kappa shape index (κ2) is 2.68. The molecule has 1 aromatic carbocycles. The number of methoxy groups -OCH3 is 1. The minimum absolute atomic E-state index is 0.722. The maximum Gasteiger partial charge on any atom is 0.146 e. The van der Waals surface area contributed by atoms with Gasteiger partial charge >= 0.3 is 0 Å². The lowest BCUT2D eigenvalue weighted by molar-refractivity contribution is 0.412. The number of hydrogen-bond donors (Lipinski definition) is 2. The Morgan fingerprint density at radius 3 is 3.00 bits per heavy atom. The first kappa shape index (κ1) is 7.43. The average molecular weight is 164 g/mol. The molecular formula is C9H12N2O. The molecule has 1 heterocycles. The molecule has 0 aromatic heterocycles. The van der Waals surface area contributed by atoms with Crippen LogP contribution in [0.3, 0.4) is 0 Å². The molecule has 0 spiro atoms. The van der Waals surface area contributed by atoms with Crippen molar-refractivity contribution in [2.24, 2.45) is 0 Å². The lowest BCUT2D eigenvalue weighted by atomic mass is 10.1. The Morgan fingerprint density at radius 1 is 1.42 bits per heavy atom. The highest BCUT2D eigenvalue weighted by Gasteiger charge is 2.16. The molecule has 12 heavy (non-hydrogen) atoms. The van der Waals surface area contributed by atoms with Gasteiger partial charge < -0.3 is 15.8 Å². The van der Waals surface area contributed by atoms with Crippen LogP contribution in [0.2, 0.25) is 0 Å². The molecule has 3 heteroatoms. The summed E-state index contributed by atoms with van der Waals surface area (Å²) in [5, 5.41) is 3.25. The smallest absolute Gasteiger partial charge is 0.146 e. The first-order valence-electron chi connectivity index (χ1n) is 3.98. The number of nitrogens with one attached hydrogen (secondary N) is 1. The number of benzene rings is 1. The predicted octanol–water partition coefficient (Wildman–Crippen LogP) is 0.881. The number of nitrogens with two attached hydrogens (primary N) is 1. The molecule has 0 unspecified atom stereocenters. The van der Waals surface area contributed by atoms with E-state index < -0.39 is 0 Å². The van der Waals surface area contributed by atoms with Crippen molar-refractivity contribution in [2.75, 3.05) is 12.8 Å². The van der Waals surface area contributed by atoms with Gasteiger partial charge in [0.25, 0.3) is 0 Å². The number of rotatable bonds is 1. The molecule has 1 aromatic rings. The van der Waals surface area contributed by atoms with Crippen molar-refractivity contribution in [3.63, 3.8) is 0 Å². The molecule has 1 aliphatic rings. The van der Waals surface area contributed by atoms with Crippen molar-refractivity contribution in [3.8, 4) is 5.75 Å². The van der Waals surface area contributed by atoms with Crippen molar-refractivity contribution in [3.05, 3.63) is 23.3 Å². The maximum absolute atomic E-state index is 5.75. The lowest BCUT2D eigenvalue weighted by Crippen LogP contribution is -2.01. The summed E-state index contributed by atoms with van der Waals surface area (Å²) in [6, 6.07) is 3.94. The zero-order valence-corrected chi connectivity index (χ0v) is 7.05. The highest BCUT2D eigenvalue weighted by atomic mass is 16.5. The summed E-state index contributed by atoms with van der Waals surface area (Å²) < 4.78 is 5.22. The van der Waals surface area contributed by atoms with Gasteiger partial charge in [0, 0.05) is 18.7 Å². The SMILES string of the molecule is COc1c(N)ccc2c1CNC2. The molecule has 0 bridgehead atoms. The molecule has 0 amide bonds. The highest BCUT2D eigenvalue weighted by Crippen LogP contribution is 2.31. The van der Waals surface area contributed by atoms with Gasteiger partial charge in [-0.2, -0.15) is 0 Å². The Hall–Kier alpha value is -1.22. The van der Waals surface area contributed by atoms with Crippen molar-refractivity contribution in [1.82, 2.24) is 5.32 Å². The van der Waals surface area contributed by atoms with Gasteiger partial charge in [-0.25, -0.2) is 0 Å². The Morgan fingerprint density at radius 2 is 2.25 bits per heavy atom. The summed E-state index contributed by atoms with van der Waals surface area (Å²) in [6.45, 7) is 1.79. The normalized spacial score (nSPS) is 14.4. The standard InChI is InChI=1S/C9H12N2O/c1-12-9-7-5-11-4-6(7)2-3-8(9)10/h2-3,11H,4-5,10H2,1H3. The lowest BCUT2D eigenvalue weighted by Gasteiger charge is -2.08. The summed E-state index contributed by atoms with van der Waals surface area (Å²) >= 11 is 0. The van der Waals surface area contributed by atoms with Crippen molar-refractivity contribution in [1.29, 1.82) is 0 Å². The van der Waals surface area contributed by atoms with Crippen LogP contribution in [-0.2, 0) is 13.1 Å². The Labute approximate surface area is 71.5 Å². The molecule has 3 N–H and O–H groups in total. The van der Waals surface area contributed by atoms with Gasteiger partial charge in [-0.05, 0) is 11.6 Å². The number of anilines is 1. The van der Waals surface area contributed by atoms with Crippen LogP contribution in [0, 0.1) is 0 Å². The minimum atomic E-state index is 0.722. The number of ether oxygens (including phenoxy) is 1. The van der Waals surface area contributed by atoms with E-state index in [9.17, 15) is 0 Å². The summed E-state index contributed by atoms with van der Waals surface area (Å²) in [4.78, 5) is 0. The molecule has 0 radical (unpaired) electrons. The van der Waals surface area contributed by atoms with Gasteiger partial charge in [0.05, 0.1) is 12.8 Å². The van der Waals surface area contributed by atoms with E-state index in [2.05, 4.69) is 5.32 Å². The van der Waals surface area contributed by atoms with Crippen LogP contribution in [0.5, 0.6) is 5.75 Å². The number of nitrogen functional groups attached to an aromatic ring is 1. The van der Waals surface area contributed by atoms with E-state index in [4.69, 9.17) is 10.5 Å². The second-order valence-corrected chi connectivity index (χ2v) is 2.93. The third kappa shape index (κ3) is 0.940. The zero-order chi connectivity index (χ0) is 8.55. The van der Waals surface area contributed by atoms with E-state index in [-0.39, 0.29) is 0 Å². The average Bonchev–Trinajstić information content (AvgIpc) is 2.52. The van der Waals surface area contributed by atoms with Gasteiger partial charge in [0.15, 0.2) is 0 Å². The Bertz CT molecular complexity index is 310. The monoisotopic (exact) mass is 164 g/mol. The van der Waals surface area contributed by atoms with Gasteiger partial charge in [-0.1, -0.05) is 6.07 Å². The topological polar surface area (TPSA) is 47.3 Å². The first-order chi connectivity index (χ1) is 5.83. The number of fused-ring (bicyclic) bond motifs is 1. The Balaban J connectivity index is 2.57. The summed E-state index contributed by atoms with van der Waals surface area (Å²) in [7, 11) is 1.66. The Kier molecular flexibility index (Phi) is 1.66. The molecule has 1 aliphatic heterocycles. The van der Waals surface area contributed by atoms with Gasteiger partial charge in [-0.3, -0.25) is 0 Å². The fourth-order valence-corrected chi connectivity index (χ4v) is 1.61. The largest absolute Gasteiger partial charge is 0.494 e. The molecule has 0 saturated carbocycles. The fourth-order valence-electron chi connectivity index (χ4n) is 1.61. The van der Waals surface area contributed by atoms with Crippen LogP contribution in [0.1, 0.15) is 11.1 Å². The molecule has 0 atom stereocenters. The van der Waals surface area contributed by atoms with Gasteiger partial charge in [0.1, 0.15) is 5.75 Å².